The van der Waals surface area contributed by atoms with Crippen LogP contribution in [0.1, 0.15) is 41.6 Å². The topological polar surface area (TPSA) is 196 Å². The van der Waals surface area contributed by atoms with Crippen molar-refractivity contribution in [2.45, 2.75) is 44.9 Å². The van der Waals surface area contributed by atoms with Gasteiger partial charge in [0.2, 0.25) is 5.95 Å². The van der Waals surface area contributed by atoms with Gasteiger partial charge in [-0.15, -0.1) is 0 Å². The maximum Gasteiger partial charge on any atom is 0.430 e. The summed E-state index contributed by atoms with van der Waals surface area (Å²) in [6.07, 6.45) is 5.17. The second-order valence-electron chi connectivity index (χ2n) is 13.4. The Labute approximate surface area is 341 Å². The quantitative estimate of drug-likeness (QED) is 0.0488. The summed E-state index contributed by atoms with van der Waals surface area (Å²) < 4.78 is 67.6. The normalized spacial score (nSPS) is 11.4. The van der Waals surface area contributed by atoms with Crippen LogP contribution in [0.15, 0.2) is 90.2 Å². The number of nitrogens with zero attached hydrogens (tertiary/aromatic N) is 6. The smallest absolute Gasteiger partial charge is 0.430 e. The maximum absolute atomic E-state index is 13.5. The number of aryl methyl sites for hydroxylation is 2. The molecule has 2 aromatic carbocycles. The van der Waals surface area contributed by atoms with Gasteiger partial charge in [0.15, 0.2) is 29.3 Å². The van der Waals surface area contributed by atoms with Crippen molar-refractivity contribution in [3.8, 4) is 22.5 Å². The molecule has 60 heavy (non-hydrogen) atoms. The zero-order valence-corrected chi connectivity index (χ0v) is 32.7. The second kappa shape index (κ2) is 21.6. The molecule has 6 aromatic rings. The van der Waals surface area contributed by atoms with Crippen molar-refractivity contribution < 1.29 is 51.0 Å². The average Bonchev–Trinajstić information content (AvgIpc) is 3.84. The van der Waals surface area contributed by atoms with Gasteiger partial charge in [-0.05, 0) is 48.1 Å². The molecule has 0 aliphatic carbocycles. The van der Waals surface area contributed by atoms with E-state index in [9.17, 15) is 27.2 Å². The Morgan fingerprint density at radius 1 is 0.833 bits per heavy atom. The number of alkyl halides is 3. The first-order valence-corrected chi connectivity index (χ1v) is 18.9. The van der Waals surface area contributed by atoms with Gasteiger partial charge in [0.05, 0.1) is 44.7 Å². The van der Waals surface area contributed by atoms with Crippen molar-refractivity contribution >= 4 is 28.9 Å². The summed E-state index contributed by atoms with van der Waals surface area (Å²) in [6, 6.07) is 18.0. The first-order chi connectivity index (χ1) is 28.8. The molecule has 0 saturated heterocycles. The summed E-state index contributed by atoms with van der Waals surface area (Å²) in [7, 11) is 1.98. The number of aromatic amines is 1. The van der Waals surface area contributed by atoms with E-state index in [1.807, 2.05) is 54.5 Å². The molecule has 0 aliphatic rings. The number of ketones is 1. The van der Waals surface area contributed by atoms with Gasteiger partial charge in [0.1, 0.15) is 24.7 Å². The minimum atomic E-state index is -5.19. The van der Waals surface area contributed by atoms with Crippen LogP contribution < -0.4 is 21.0 Å². The SMILES string of the molecule is C[n+]1ccc(-c2ccc(C(=O)CCCCOCCOCCOCCCn3cc(-c4nc5c(=O)[nH]c(N)nc5n4Cc4ccc(F)cc4)cn3)cc2)cc1.O=C([O-])C(F)(F)F. The number of aromatic nitrogens is 7. The molecule has 0 bridgehead atoms. The van der Waals surface area contributed by atoms with Gasteiger partial charge in [-0.25, -0.2) is 13.9 Å². The van der Waals surface area contributed by atoms with Gasteiger partial charge in [-0.3, -0.25) is 19.3 Å². The number of rotatable bonds is 20. The van der Waals surface area contributed by atoms with Gasteiger partial charge in [-0.2, -0.15) is 23.3 Å². The minimum Gasteiger partial charge on any atom is -0.542 e. The number of carboxylic acids is 1. The molecule has 19 heteroatoms. The van der Waals surface area contributed by atoms with Crippen LogP contribution in [0.5, 0.6) is 0 Å². The highest BCUT2D eigenvalue weighted by molar-refractivity contribution is 5.96. The molecule has 0 spiro atoms. The molecule has 0 radical (unpaired) electrons. The van der Waals surface area contributed by atoms with Crippen LogP contribution in [-0.2, 0) is 39.1 Å². The fourth-order valence-corrected chi connectivity index (χ4v) is 5.82. The fourth-order valence-electron chi connectivity index (χ4n) is 5.82. The molecule has 6 rings (SSSR count). The summed E-state index contributed by atoms with van der Waals surface area (Å²) in [6.45, 7) is 3.94. The number of carbonyl (C=O) groups is 2. The lowest BCUT2D eigenvalue weighted by atomic mass is 10.0. The van der Waals surface area contributed by atoms with Crippen molar-refractivity contribution in [3.05, 3.63) is 113 Å². The third-order valence-electron chi connectivity index (χ3n) is 8.88. The third kappa shape index (κ3) is 13.4. The van der Waals surface area contributed by atoms with Crippen molar-refractivity contribution in [2.24, 2.45) is 7.05 Å². The molecule has 318 valence electrons. The van der Waals surface area contributed by atoms with E-state index < -0.39 is 17.7 Å². The number of ether oxygens (including phenoxy) is 3. The Balaban J connectivity index is 0.000000896. The van der Waals surface area contributed by atoms with Gasteiger partial charge in [0.25, 0.3) is 5.56 Å². The molecule has 15 nitrogen and oxygen atoms in total. The molecular weight excluding hydrogens is 792 g/mol. The minimum absolute atomic E-state index is 0.0165. The van der Waals surface area contributed by atoms with E-state index in [-0.39, 0.29) is 23.1 Å². The number of anilines is 1. The molecule has 0 amide bonds. The van der Waals surface area contributed by atoms with E-state index in [4.69, 9.17) is 29.8 Å². The van der Waals surface area contributed by atoms with Crippen molar-refractivity contribution in [1.29, 1.82) is 0 Å². The number of Topliss-reactive ketones (excluding diaryl/α,β-unsaturated/α-hetero) is 1. The average molecular weight is 837 g/mol. The molecule has 3 N–H and O–H groups in total. The lowest BCUT2D eigenvalue weighted by Crippen LogP contribution is -2.37. The lowest BCUT2D eigenvalue weighted by molar-refractivity contribution is -0.671. The Bertz CT molecular complexity index is 2360. The van der Waals surface area contributed by atoms with Crippen LogP contribution in [0, 0.1) is 5.82 Å². The van der Waals surface area contributed by atoms with Crippen LogP contribution in [0.2, 0.25) is 0 Å². The second-order valence-corrected chi connectivity index (χ2v) is 13.4. The Morgan fingerprint density at radius 3 is 2.07 bits per heavy atom. The maximum atomic E-state index is 13.5. The van der Waals surface area contributed by atoms with E-state index in [0.29, 0.717) is 76.2 Å². The Kier molecular flexibility index (Phi) is 16.1. The number of carboxylic acid groups (broad SMARTS) is 1. The first-order valence-electron chi connectivity index (χ1n) is 18.9. The molecule has 4 heterocycles. The molecule has 0 atom stereocenters. The van der Waals surface area contributed by atoms with Gasteiger partial charge < -0.3 is 34.4 Å². The highest BCUT2D eigenvalue weighted by Gasteiger charge is 2.29. The standard InChI is InChI=1S/C39H43FN8O5.C2HF3O2/c1-46-17-14-30(15-18-46)29-8-10-31(11-9-29)34(49)5-2-3-19-51-21-23-53-24-22-52-20-4-16-47-27-32(25-42-47)36-43-35-37(44-39(41)45-38(35)50)48(36)26-28-6-12-33(40)13-7-28;3-2(4,5)1(6)7/h6-15,17-18,25,27H,2-5,16,19-24,26H2,1H3,(H2-,41,44,45,50);(H,6,7). The van der Waals surface area contributed by atoms with Crippen LogP contribution in [-0.4, -0.2) is 86.9 Å². The fraction of sp³-hybridized carbons (Fsp3) is 0.341. The summed E-state index contributed by atoms with van der Waals surface area (Å²) in [4.78, 5) is 45.3. The molecule has 0 saturated carbocycles. The van der Waals surface area contributed by atoms with Crippen LogP contribution in [0.4, 0.5) is 23.5 Å². The van der Waals surface area contributed by atoms with Gasteiger partial charge in [0, 0.05) is 50.1 Å². The number of nitrogen functional groups attached to an aromatic ring is 1. The monoisotopic (exact) mass is 836 g/mol. The number of hydrogen-bond acceptors (Lipinski definition) is 11. The van der Waals surface area contributed by atoms with E-state index in [0.717, 1.165) is 41.5 Å². The van der Waals surface area contributed by atoms with E-state index in [1.165, 1.54) is 12.1 Å². The predicted molar refractivity (Wildman–Crippen MR) is 209 cm³/mol. The highest BCUT2D eigenvalue weighted by atomic mass is 19.4. The zero-order chi connectivity index (χ0) is 43.1. The number of carbonyl (C=O) groups excluding carboxylic acids is 2. The number of unbranched alkanes of at least 4 members (excludes halogenated alkanes) is 1. The highest BCUT2D eigenvalue weighted by Crippen LogP contribution is 2.24. The van der Waals surface area contributed by atoms with Crippen molar-refractivity contribution in [3.63, 3.8) is 0 Å². The molecule has 0 aliphatic heterocycles. The number of halogens is 4. The van der Waals surface area contributed by atoms with E-state index in [2.05, 4.69) is 32.2 Å². The molecule has 4 aromatic heterocycles. The number of nitrogens with one attached hydrogen (secondary N) is 1. The van der Waals surface area contributed by atoms with Crippen LogP contribution >= 0.6 is 0 Å². The lowest BCUT2D eigenvalue weighted by Gasteiger charge is -2.08. The number of nitrogens with two attached hydrogens (primary N) is 1. The number of benzene rings is 2. The Morgan fingerprint density at radius 2 is 1.43 bits per heavy atom. The number of hydrogen-bond donors (Lipinski definition) is 2. The number of H-pyrrole nitrogens is 1. The largest absolute Gasteiger partial charge is 0.542 e. The van der Waals surface area contributed by atoms with Crippen molar-refractivity contribution in [2.75, 3.05) is 45.4 Å². The van der Waals surface area contributed by atoms with Gasteiger partial charge >= 0.3 is 6.18 Å². The van der Waals surface area contributed by atoms with E-state index >= 15 is 0 Å². The summed E-state index contributed by atoms with van der Waals surface area (Å²) in [5, 5.41) is 13.2. The number of fused-ring (bicyclic) bond motifs is 1. The number of aliphatic carboxylic acids is 1. The van der Waals surface area contributed by atoms with Gasteiger partial charge in [-0.1, -0.05) is 36.4 Å². The van der Waals surface area contributed by atoms with Crippen molar-refractivity contribution in [1.82, 2.24) is 29.3 Å². The molecule has 0 unspecified atom stereocenters. The number of imidazole rings is 1. The molecular formula is C41H44F4N8O7. The van der Waals surface area contributed by atoms with Crippen LogP contribution in [0.3, 0.4) is 0 Å². The molecule has 0 fully saturated rings. The predicted octanol–water partition coefficient (Wildman–Crippen LogP) is 4.04. The number of pyridine rings is 1. The van der Waals surface area contributed by atoms with E-state index in [1.54, 1.807) is 27.6 Å². The zero-order valence-electron chi connectivity index (χ0n) is 32.7. The summed E-state index contributed by atoms with van der Waals surface area (Å²) in [5.41, 5.74) is 10.3. The summed E-state index contributed by atoms with van der Waals surface area (Å²) >= 11 is 0. The third-order valence-corrected chi connectivity index (χ3v) is 8.88. The first kappa shape index (κ1) is 44.8. The Hall–Kier alpha value is -6.31. The summed E-state index contributed by atoms with van der Waals surface area (Å²) in [5.74, 6) is -2.71. The van der Waals surface area contributed by atoms with Crippen LogP contribution in [0.25, 0.3) is 33.7 Å².